The quantitative estimate of drug-likeness (QED) is 0.884. The second kappa shape index (κ2) is 4.84. The summed E-state index contributed by atoms with van der Waals surface area (Å²) in [5.41, 5.74) is 0.366. The zero-order valence-electron chi connectivity index (χ0n) is 9.34. The summed E-state index contributed by atoms with van der Waals surface area (Å²) in [7, 11) is 0. The van der Waals surface area contributed by atoms with Crippen LogP contribution >= 0.6 is 11.6 Å². The van der Waals surface area contributed by atoms with E-state index < -0.39 is 0 Å². The van der Waals surface area contributed by atoms with Crippen LogP contribution in [0.25, 0.3) is 0 Å². The second-order valence-corrected chi connectivity index (χ2v) is 4.27. The van der Waals surface area contributed by atoms with Crippen LogP contribution in [0.1, 0.15) is 18.9 Å². The summed E-state index contributed by atoms with van der Waals surface area (Å²) in [4.78, 5) is 15.6. The third-order valence-electron chi connectivity index (χ3n) is 2.67. The van der Waals surface area contributed by atoms with Gasteiger partial charge in [0.25, 0.3) is 0 Å². The molecule has 2 rings (SSSR count). The fourth-order valence-corrected chi connectivity index (χ4v) is 1.97. The number of carbonyl (C=O) groups excluding carboxylic acids is 1. The van der Waals surface area contributed by atoms with E-state index >= 15 is 0 Å². The van der Waals surface area contributed by atoms with E-state index in [0.29, 0.717) is 22.8 Å². The fraction of sp³-hybridized carbons (Fsp3) is 0.333. The van der Waals surface area contributed by atoms with Gasteiger partial charge in [0.15, 0.2) is 0 Å². The monoisotopic (exact) mass is 254 g/mol. The van der Waals surface area contributed by atoms with E-state index in [0.717, 1.165) is 0 Å². The number of amides is 1. The molecule has 90 valence electrons. The first-order chi connectivity index (χ1) is 8.11. The number of nitrogens with zero attached hydrogens (tertiary/aromatic N) is 1. The standard InChI is InChI=1S/C12H12ClFN2O/c1-2-10-12(17)16-11(15-10)6-7-8(13)4-3-5-9(7)14/h3-5,10H,2,6H2,1H3,(H,15,16,17). The molecule has 17 heavy (non-hydrogen) atoms. The minimum atomic E-state index is -0.380. The highest BCUT2D eigenvalue weighted by Gasteiger charge is 2.25. The Morgan fingerprint density at radius 3 is 2.88 bits per heavy atom. The van der Waals surface area contributed by atoms with E-state index in [1.807, 2.05) is 6.92 Å². The summed E-state index contributed by atoms with van der Waals surface area (Å²) in [5.74, 6) is -0.0294. The van der Waals surface area contributed by atoms with Crippen molar-refractivity contribution in [2.24, 2.45) is 4.99 Å². The molecule has 0 saturated carbocycles. The molecule has 3 nitrogen and oxygen atoms in total. The summed E-state index contributed by atoms with van der Waals surface area (Å²) < 4.78 is 13.5. The lowest BCUT2D eigenvalue weighted by atomic mass is 10.1. The Labute approximate surface area is 104 Å². The van der Waals surface area contributed by atoms with Crippen LogP contribution in [0.2, 0.25) is 5.02 Å². The SMILES string of the molecule is CCC1N=C(Cc2c(F)cccc2Cl)NC1=O. The second-order valence-electron chi connectivity index (χ2n) is 3.87. The van der Waals surface area contributed by atoms with Crippen molar-refractivity contribution in [2.45, 2.75) is 25.8 Å². The number of halogens is 2. The van der Waals surface area contributed by atoms with Crippen molar-refractivity contribution in [3.05, 3.63) is 34.6 Å². The third-order valence-corrected chi connectivity index (χ3v) is 3.03. The van der Waals surface area contributed by atoms with Gasteiger partial charge in [-0.1, -0.05) is 24.6 Å². The number of amidine groups is 1. The molecule has 1 unspecified atom stereocenters. The molecule has 1 atom stereocenters. The number of benzene rings is 1. The Balaban J connectivity index is 2.20. The molecule has 1 aromatic carbocycles. The molecule has 0 fully saturated rings. The molecule has 0 radical (unpaired) electrons. The zero-order valence-corrected chi connectivity index (χ0v) is 10.1. The van der Waals surface area contributed by atoms with Gasteiger partial charge in [-0.2, -0.15) is 0 Å². The Hall–Kier alpha value is -1.42. The molecule has 0 spiro atoms. The Morgan fingerprint density at radius 2 is 2.29 bits per heavy atom. The van der Waals surface area contributed by atoms with E-state index in [2.05, 4.69) is 10.3 Å². The number of nitrogens with one attached hydrogen (secondary N) is 1. The highest BCUT2D eigenvalue weighted by molar-refractivity contribution is 6.31. The van der Waals surface area contributed by atoms with E-state index in [1.54, 1.807) is 12.1 Å². The van der Waals surface area contributed by atoms with Gasteiger partial charge in [-0.3, -0.25) is 9.79 Å². The predicted molar refractivity (Wildman–Crippen MR) is 64.8 cm³/mol. The smallest absolute Gasteiger partial charge is 0.250 e. The molecule has 0 aromatic heterocycles. The molecule has 1 aromatic rings. The summed E-state index contributed by atoms with van der Waals surface area (Å²) in [6, 6.07) is 4.16. The summed E-state index contributed by atoms with van der Waals surface area (Å²) >= 11 is 5.91. The Morgan fingerprint density at radius 1 is 1.53 bits per heavy atom. The lowest BCUT2D eigenvalue weighted by molar-refractivity contribution is -0.120. The predicted octanol–water partition coefficient (Wildman–Crippen LogP) is 2.33. The van der Waals surface area contributed by atoms with Crippen LogP contribution in [0.15, 0.2) is 23.2 Å². The summed E-state index contributed by atoms with van der Waals surface area (Å²) in [6.45, 7) is 1.88. The summed E-state index contributed by atoms with van der Waals surface area (Å²) in [6.07, 6.45) is 0.855. The number of rotatable bonds is 3. The van der Waals surface area contributed by atoms with Crippen LogP contribution in [-0.4, -0.2) is 17.8 Å². The van der Waals surface area contributed by atoms with Crippen molar-refractivity contribution in [1.82, 2.24) is 5.32 Å². The van der Waals surface area contributed by atoms with Gasteiger partial charge in [0.05, 0.1) is 0 Å². The molecule has 1 aliphatic heterocycles. The maximum atomic E-state index is 13.5. The van der Waals surface area contributed by atoms with Crippen molar-refractivity contribution in [3.63, 3.8) is 0 Å². The number of aliphatic imine (C=N–C) groups is 1. The minimum Gasteiger partial charge on any atom is -0.312 e. The first-order valence-corrected chi connectivity index (χ1v) is 5.80. The van der Waals surface area contributed by atoms with Crippen molar-refractivity contribution < 1.29 is 9.18 Å². The first-order valence-electron chi connectivity index (χ1n) is 5.42. The molecule has 0 aliphatic carbocycles. The number of carbonyl (C=O) groups is 1. The lowest BCUT2D eigenvalue weighted by Gasteiger charge is -2.05. The van der Waals surface area contributed by atoms with Crippen LogP contribution in [0.3, 0.4) is 0 Å². The van der Waals surface area contributed by atoms with Crippen LogP contribution < -0.4 is 5.32 Å². The molecule has 0 bridgehead atoms. The van der Waals surface area contributed by atoms with Crippen molar-refractivity contribution in [1.29, 1.82) is 0 Å². The van der Waals surface area contributed by atoms with Gasteiger partial charge < -0.3 is 5.32 Å². The molecule has 0 saturated heterocycles. The highest BCUT2D eigenvalue weighted by Crippen LogP contribution is 2.20. The van der Waals surface area contributed by atoms with Crippen LogP contribution in [0.4, 0.5) is 4.39 Å². The molecule has 1 N–H and O–H groups in total. The average Bonchev–Trinajstić information content (AvgIpc) is 2.64. The topological polar surface area (TPSA) is 41.5 Å². The van der Waals surface area contributed by atoms with Gasteiger partial charge in [0.2, 0.25) is 5.91 Å². The fourth-order valence-electron chi connectivity index (χ4n) is 1.74. The maximum Gasteiger partial charge on any atom is 0.250 e. The van der Waals surface area contributed by atoms with Gasteiger partial charge >= 0.3 is 0 Å². The maximum absolute atomic E-state index is 13.5. The van der Waals surface area contributed by atoms with Gasteiger partial charge in [0.1, 0.15) is 17.7 Å². The first kappa shape index (κ1) is 12.0. The Kier molecular flexibility index (Phi) is 3.43. The number of hydrogen-bond donors (Lipinski definition) is 1. The summed E-state index contributed by atoms with van der Waals surface area (Å²) in [5, 5.41) is 2.99. The van der Waals surface area contributed by atoms with E-state index in [9.17, 15) is 9.18 Å². The van der Waals surface area contributed by atoms with Gasteiger partial charge in [-0.05, 0) is 18.6 Å². The third kappa shape index (κ3) is 2.47. The number of hydrogen-bond acceptors (Lipinski definition) is 2. The van der Waals surface area contributed by atoms with Gasteiger partial charge in [-0.15, -0.1) is 0 Å². The average molecular weight is 255 g/mol. The zero-order chi connectivity index (χ0) is 12.4. The van der Waals surface area contributed by atoms with E-state index in [4.69, 9.17) is 11.6 Å². The van der Waals surface area contributed by atoms with E-state index in [1.165, 1.54) is 6.07 Å². The largest absolute Gasteiger partial charge is 0.312 e. The van der Waals surface area contributed by atoms with E-state index in [-0.39, 0.29) is 24.2 Å². The van der Waals surface area contributed by atoms with Crippen LogP contribution in [-0.2, 0) is 11.2 Å². The van der Waals surface area contributed by atoms with Crippen molar-refractivity contribution in [3.8, 4) is 0 Å². The molecular formula is C12H12ClFN2O. The molecule has 1 aliphatic rings. The highest BCUT2D eigenvalue weighted by atomic mass is 35.5. The van der Waals surface area contributed by atoms with Crippen molar-refractivity contribution in [2.75, 3.05) is 0 Å². The Bertz CT molecular complexity index is 467. The van der Waals surface area contributed by atoms with Gasteiger partial charge in [-0.25, -0.2) is 4.39 Å². The normalized spacial score (nSPS) is 19.1. The molecular weight excluding hydrogens is 243 g/mol. The molecule has 1 heterocycles. The van der Waals surface area contributed by atoms with Crippen molar-refractivity contribution >= 4 is 23.3 Å². The lowest BCUT2D eigenvalue weighted by Crippen LogP contribution is -2.29. The van der Waals surface area contributed by atoms with Crippen LogP contribution in [0, 0.1) is 5.82 Å². The molecule has 1 amide bonds. The van der Waals surface area contributed by atoms with Gasteiger partial charge in [0, 0.05) is 17.0 Å². The minimum absolute atomic E-state index is 0.130. The molecule has 5 heteroatoms. The van der Waals surface area contributed by atoms with Crippen LogP contribution in [0.5, 0.6) is 0 Å².